The predicted molar refractivity (Wildman–Crippen MR) is 73.1 cm³/mol. The van der Waals surface area contributed by atoms with Gasteiger partial charge in [-0.15, -0.1) is 0 Å². The molecule has 5 nitrogen and oxygen atoms in total. The van der Waals surface area contributed by atoms with Crippen molar-refractivity contribution in [3.05, 3.63) is 16.4 Å². The van der Waals surface area contributed by atoms with Crippen LogP contribution >= 0.6 is 11.6 Å². The van der Waals surface area contributed by atoms with Crippen LogP contribution in [0, 0.1) is 19.8 Å². The van der Waals surface area contributed by atoms with Crippen LogP contribution in [0.15, 0.2) is 0 Å². The molecule has 1 aromatic heterocycles. The van der Waals surface area contributed by atoms with Crippen molar-refractivity contribution in [3.8, 4) is 0 Å². The highest BCUT2D eigenvalue weighted by Gasteiger charge is 2.31. The molecule has 0 spiro atoms. The Hall–Kier alpha value is -1.07. The quantitative estimate of drug-likeness (QED) is 0.889. The van der Waals surface area contributed by atoms with Gasteiger partial charge in [0.2, 0.25) is 5.91 Å². The van der Waals surface area contributed by atoms with Gasteiger partial charge in [-0.25, -0.2) is 0 Å². The average Bonchev–Trinajstić information content (AvgIpc) is 3.16. The smallest absolute Gasteiger partial charge is 0.244 e. The standard InChI is InChI=1S/C13H20ClN3O2/c1-8-13(14)9(2)17(15-8)7-12(19)16(3)6-11(18)10-4-5-10/h10-11,18H,4-7H2,1-3H3. The van der Waals surface area contributed by atoms with Crippen LogP contribution < -0.4 is 0 Å². The zero-order valence-electron chi connectivity index (χ0n) is 11.6. The molecule has 1 aliphatic rings. The second-order valence-electron chi connectivity index (χ2n) is 5.32. The third-order valence-corrected chi connectivity index (χ3v) is 4.18. The lowest BCUT2D eigenvalue weighted by Crippen LogP contribution is -2.37. The molecule has 0 saturated heterocycles. The Morgan fingerprint density at radius 2 is 2.21 bits per heavy atom. The number of aromatic nitrogens is 2. The second kappa shape index (κ2) is 5.51. The zero-order valence-corrected chi connectivity index (χ0v) is 12.3. The van der Waals surface area contributed by atoms with Crippen molar-refractivity contribution in [3.63, 3.8) is 0 Å². The summed E-state index contributed by atoms with van der Waals surface area (Å²) in [5, 5.41) is 14.7. The van der Waals surface area contributed by atoms with E-state index in [9.17, 15) is 9.90 Å². The molecule has 1 saturated carbocycles. The summed E-state index contributed by atoms with van der Waals surface area (Å²) in [7, 11) is 1.71. The van der Waals surface area contributed by atoms with E-state index < -0.39 is 6.10 Å². The van der Waals surface area contributed by atoms with Gasteiger partial charge in [0, 0.05) is 13.6 Å². The summed E-state index contributed by atoms with van der Waals surface area (Å²) in [5.41, 5.74) is 1.52. The molecular weight excluding hydrogens is 266 g/mol. The molecule has 0 bridgehead atoms. The van der Waals surface area contributed by atoms with Crippen molar-refractivity contribution in [1.82, 2.24) is 14.7 Å². The molecule has 1 N–H and O–H groups in total. The van der Waals surface area contributed by atoms with Crippen LogP contribution in [0.25, 0.3) is 0 Å². The van der Waals surface area contributed by atoms with E-state index in [1.54, 1.807) is 16.6 Å². The minimum Gasteiger partial charge on any atom is -0.391 e. The summed E-state index contributed by atoms with van der Waals surface area (Å²) in [6.45, 7) is 4.20. The lowest BCUT2D eigenvalue weighted by molar-refractivity contribution is -0.132. The van der Waals surface area contributed by atoms with Crippen LogP contribution in [0.4, 0.5) is 0 Å². The summed E-state index contributed by atoms with van der Waals surface area (Å²) in [6.07, 6.45) is 1.73. The van der Waals surface area contributed by atoms with Crippen LogP contribution in [0.5, 0.6) is 0 Å². The summed E-state index contributed by atoms with van der Waals surface area (Å²) >= 11 is 6.05. The van der Waals surface area contributed by atoms with Crippen LogP contribution in [0.1, 0.15) is 24.2 Å². The van der Waals surface area contributed by atoms with E-state index in [-0.39, 0.29) is 12.5 Å². The van der Waals surface area contributed by atoms with Crippen LogP contribution in [0.2, 0.25) is 5.02 Å². The number of aryl methyl sites for hydroxylation is 1. The first-order chi connectivity index (χ1) is 8.90. The second-order valence-corrected chi connectivity index (χ2v) is 5.70. The van der Waals surface area contributed by atoms with Gasteiger partial charge < -0.3 is 10.0 Å². The van der Waals surface area contributed by atoms with Gasteiger partial charge in [0.25, 0.3) is 0 Å². The monoisotopic (exact) mass is 285 g/mol. The first kappa shape index (κ1) is 14.3. The Kier molecular flexibility index (Phi) is 4.16. The van der Waals surface area contributed by atoms with Crippen molar-refractivity contribution in [1.29, 1.82) is 0 Å². The number of aliphatic hydroxyl groups is 1. The van der Waals surface area contributed by atoms with Crippen molar-refractivity contribution in [2.45, 2.75) is 39.3 Å². The largest absolute Gasteiger partial charge is 0.391 e. The maximum absolute atomic E-state index is 12.1. The fraction of sp³-hybridized carbons (Fsp3) is 0.692. The van der Waals surface area contributed by atoms with Crippen molar-refractivity contribution in [2.75, 3.05) is 13.6 Å². The van der Waals surface area contributed by atoms with Gasteiger partial charge in [-0.2, -0.15) is 5.10 Å². The Balaban J connectivity index is 1.93. The number of nitrogens with zero attached hydrogens (tertiary/aromatic N) is 3. The number of hydrogen-bond donors (Lipinski definition) is 1. The van der Waals surface area contributed by atoms with Gasteiger partial charge in [0.1, 0.15) is 6.54 Å². The molecule has 1 fully saturated rings. The van der Waals surface area contributed by atoms with E-state index in [4.69, 9.17) is 11.6 Å². The zero-order chi connectivity index (χ0) is 14.2. The van der Waals surface area contributed by atoms with Crippen LogP contribution in [0.3, 0.4) is 0 Å². The molecule has 19 heavy (non-hydrogen) atoms. The Bertz CT molecular complexity index is 482. The lowest BCUT2D eigenvalue weighted by atomic mass is 10.2. The number of rotatable bonds is 5. The molecule has 1 unspecified atom stereocenters. The van der Waals surface area contributed by atoms with E-state index >= 15 is 0 Å². The Morgan fingerprint density at radius 1 is 1.58 bits per heavy atom. The van der Waals surface area contributed by atoms with Crippen LogP contribution in [-0.4, -0.2) is 45.4 Å². The molecular formula is C13H20ClN3O2. The summed E-state index contributed by atoms with van der Waals surface area (Å²) in [5.74, 6) is 0.306. The van der Waals surface area contributed by atoms with Gasteiger partial charge in [-0.05, 0) is 32.6 Å². The summed E-state index contributed by atoms with van der Waals surface area (Å²) < 4.78 is 1.61. The van der Waals surface area contributed by atoms with E-state index in [0.717, 1.165) is 24.2 Å². The molecule has 0 aromatic carbocycles. The number of aliphatic hydroxyl groups excluding tert-OH is 1. The average molecular weight is 286 g/mol. The van der Waals surface area contributed by atoms with E-state index in [0.29, 0.717) is 17.5 Å². The van der Waals surface area contributed by atoms with Crippen molar-refractivity contribution >= 4 is 17.5 Å². The molecule has 1 aromatic rings. The normalized spacial score (nSPS) is 16.5. The molecule has 0 aliphatic heterocycles. The number of halogens is 1. The molecule has 1 heterocycles. The molecule has 0 radical (unpaired) electrons. The Morgan fingerprint density at radius 3 is 2.68 bits per heavy atom. The fourth-order valence-corrected chi connectivity index (χ4v) is 2.23. The summed E-state index contributed by atoms with van der Waals surface area (Å²) in [4.78, 5) is 13.6. The van der Waals surface area contributed by atoms with Gasteiger partial charge >= 0.3 is 0 Å². The molecule has 1 aliphatic carbocycles. The maximum atomic E-state index is 12.1. The van der Waals surface area contributed by atoms with E-state index in [2.05, 4.69) is 5.10 Å². The molecule has 1 atom stereocenters. The number of carbonyl (C=O) groups excluding carboxylic acids is 1. The molecule has 2 rings (SSSR count). The third kappa shape index (κ3) is 3.28. The first-order valence-electron chi connectivity index (χ1n) is 6.51. The minimum absolute atomic E-state index is 0.0676. The van der Waals surface area contributed by atoms with E-state index in [1.807, 2.05) is 13.8 Å². The van der Waals surface area contributed by atoms with Crippen LogP contribution in [-0.2, 0) is 11.3 Å². The highest BCUT2D eigenvalue weighted by atomic mass is 35.5. The predicted octanol–water partition coefficient (Wildman–Crippen LogP) is 1.38. The molecule has 1 amide bonds. The third-order valence-electron chi connectivity index (χ3n) is 3.63. The van der Waals surface area contributed by atoms with Gasteiger partial charge in [0.15, 0.2) is 0 Å². The first-order valence-corrected chi connectivity index (χ1v) is 6.89. The SMILES string of the molecule is Cc1nn(CC(=O)N(C)CC(O)C2CC2)c(C)c1Cl. The summed E-state index contributed by atoms with van der Waals surface area (Å²) in [6, 6.07) is 0. The number of likely N-dealkylation sites (N-methyl/N-ethyl adjacent to an activating group) is 1. The van der Waals surface area contributed by atoms with Gasteiger partial charge in [-0.3, -0.25) is 9.48 Å². The van der Waals surface area contributed by atoms with Gasteiger partial charge in [-0.1, -0.05) is 11.6 Å². The van der Waals surface area contributed by atoms with Gasteiger partial charge in [0.05, 0.1) is 22.5 Å². The van der Waals surface area contributed by atoms with Crippen molar-refractivity contribution < 1.29 is 9.90 Å². The molecule has 106 valence electrons. The lowest BCUT2D eigenvalue weighted by Gasteiger charge is -2.21. The topological polar surface area (TPSA) is 58.4 Å². The van der Waals surface area contributed by atoms with Crippen molar-refractivity contribution in [2.24, 2.45) is 5.92 Å². The van der Waals surface area contributed by atoms with E-state index in [1.165, 1.54) is 0 Å². The number of amides is 1. The maximum Gasteiger partial charge on any atom is 0.244 e. The highest BCUT2D eigenvalue weighted by molar-refractivity contribution is 6.31. The fourth-order valence-electron chi connectivity index (χ4n) is 2.09. The molecule has 6 heteroatoms. The number of carbonyl (C=O) groups is 1. The minimum atomic E-state index is -0.405. The number of hydrogen-bond acceptors (Lipinski definition) is 3. The highest BCUT2D eigenvalue weighted by Crippen LogP contribution is 2.32. The Labute approximate surface area is 118 Å².